The number of aromatic amines is 1. The molecular weight excluding hydrogens is 262 g/mol. The van der Waals surface area contributed by atoms with Gasteiger partial charge in [0.1, 0.15) is 11.0 Å². The van der Waals surface area contributed by atoms with Gasteiger partial charge in [-0.2, -0.15) is 15.4 Å². The predicted octanol–water partition coefficient (Wildman–Crippen LogP) is 3.16. The molecule has 0 spiro atoms. The Hall–Kier alpha value is -2.43. The van der Waals surface area contributed by atoms with Crippen LogP contribution in [0.1, 0.15) is 25.1 Å². The highest BCUT2D eigenvalue weighted by atomic mass is 15.3. The number of H-pyrrole nitrogens is 1. The van der Waals surface area contributed by atoms with Gasteiger partial charge < -0.3 is 5.32 Å². The Labute approximate surface area is 123 Å². The zero-order valence-corrected chi connectivity index (χ0v) is 12.3. The van der Waals surface area contributed by atoms with E-state index in [4.69, 9.17) is 0 Å². The van der Waals surface area contributed by atoms with Crippen LogP contribution in [0.4, 0.5) is 5.69 Å². The third-order valence-corrected chi connectivity index (χ3v) is 3.32. The average Bonchev–Trinajstić information content (AvgIpc) is 2.93. The summed E-state index contributed by atoms with van der Waals surface area (Å²) in [4.78, 5) is 4.51. The number of benzene rings is 1. The van der Waals surface area contributed by atoms with Gasteiger partial charge in [-0.1, -0.05) is 19.9 Å². The third kappa shape index (κ3) is 3.37. The number of pyridine rings is 1. The van der Waals surface area contributed by atoms with Crippen LogP contribution in [0.3, 0.4) is 0 Å². The van der Waals surface area contributed by atoms with Gasteiger partial charge in [0.05, 0.1) is 0 Å². The van der Waals surface area contributed by atoms with Gasteiger partial charge in [-0.3, -0.25) is 4.98 Å². The van der Waals surface area contributed by atoms with Crippen molar-refractivity contribution in [2.24, 2.45) is 5.92 Å². The van der Waals surface area contributed by atoms with Crippen LogP contribution in [0.2, 0.25) is 0 Å². The molecule has 0 saturated heterocycles. The maximum atomic E-state index is 4.51. The second-order valence-corrected chi connectivity index (χ2v) is 5.64. The van der Waals surface area contributed by atoms with Crippen LogP contribution < -0.4 is 5.32 Å². The van der Waals surface area contributed by atoms with Crippen LogP contribution in [-0.2, 0) is 13.0 Å². The number of hydrogen-bond donors (Lipinski definition) is 2. The molecule has 0 amide bonds. The summed E-state index contributed by atoms with van der Waals surface area (Å²) >= 11 is 0. The molecule has 3 aromatic rings. The number of fused-ring (bicyclic) bond motifs is 1. The Kier molecular flexibility index (Phi) is 3.81. The third-order valence-electron chi connectivity index (χ3n) is 3.32. The molecule has 0 unspecified atom stereocenters. The first kappa shape index (κ1) is 13.5. The Balaban J connectivity index is 1.63. The van der Waals surface area contributed by atoms with Gasteiger partial charge in [0.15, 0.2) is 0 Å². The van der Waals surface area contributed by atoms with Crippen molar-refractivity contribution in [3.05, 3.63) is 47.8 Å². The largest absolute Gasteiger partial charge is 0.381 e. The summed E-state index contributed by atoms with van der Waals surface area (Å²) in [6.45, 7) is 5.16. The van der Waals surface area contributed by atoms with E-state index in [2.05, 4.69) is 51.7 Å². The van der Waals surface area contributed by atoms with E-state index in [0.717, 1.165) is 35.4 Å². The molecule has 2 aromatic heterocycles. The number of nitrogens with one attached hydrogen (secondary N) is 2. The minimum atomic E-state index is 0.635. The predicted molar refractivity (Wildman–Crippen MR) is 84.0 cm³/mol. The van der Waals surface area contributed by atoms with E-state index >= 15 is 0 Å². The van der Waals surface area contributed by atoms with Crippen molar-refractivity contribution < 1.29 is 0 Å². The lowest BCUT2D eigenvalue weighted by Crippen LogP contribution is -2.02. The lowest BCUT2D eigenvalue weighted by Gasteiger charge is -2.08. The number of aromatic nitrogens is 4. The fourth-order valence-electron chi connectivity index (χ4n) is 2.25. The van der Waals surface area contributed by atoms with E-state index in [1.807, 2.05) is 24.4 Å². The zero-order valence-electron chi connectivity index (χ0n) is 12.3. The van der Waals surface area contributed by atoms with Crippen molar-refractivity contribution in [3.63, 3.8) is 0 Å². The van der Waals surface area contributed by atoms with Gasteiger partial charge in [-0.05, 0) is 42.2 Å². The van der Waals surface area contributed by atoms with Gasteiger partial charge in [-0.25, -0.2) is 0 Å². The van der Waals surface area contributed by atoms with Gasteiger partial charge >= 0.3 is 0 Å². The van der Waals surface area contributed by atoms with Crippen LogP contribution in [-0.4, -0.2) is 20.4 Å². The smallest absolute Gasteiger partial charge is 0.115 e. The molecule has 0 saturated carbocycles. The molecule has 2 N–H and O–H groups in total. The molecule has 0 aliphatic rings. The van der Waals surface area contributed by atoms with Gasteiger partial charge in [0.25, 0.3) is 0 Å². The van der Waals surface area contributed by atoms with Crippen LogP contribution in [0.5, 0.6) is 0 Å². The zero-order chi connectivity index (χ0) is 14.7. The van der Waals surface area contributed by atoms with Crippen LogP contribution in [0, 0.1) is 5.92 Å². The summed E-state index contributed by atoms with van der Waals surface area (Å²) in [7, 11) is 0. The second kappa shape index (κ2) is 5.91. The molecule has 5 heteroatoms. The normalized spacial score (nSPS) is 11.2. The van der Waals surface area contributed by atoms with Crippen molar-refractivity contribution in [3.8, 4) is 0 Å². The van der Waals surface area contributed by atoms with E-state index in [-0.39, 0.29) is 0 Å². The molecule has 0 fully saturated rings. The van der Waals surface area contributed by atoms with Gasteiger partial charge in [-0.15, -0.1) is 0 Å². The fourth-order valence-corrected chi connectivity index (χ4v) is 2.25. The number of anilines is 1. The monoisotopic (exact) mass is 281 g/mol. The molecule has 0 bridgehead atoms. The molecular formula is C16H19N5. The highest BCUT2D eigenvalue weighted by Gasteiger charge is 2.02. The highest BCUT2D eigenvalue weighted by Crippen LogP contribution is 2.16. The van der Waals surface area contributed by atoms with Crippen LogP contribution in [0.15, 0.2) is 36.5 Å². The molecule has 0 atom stereocenters. The van der Waals surface area contributed by atoms with Crippen LogP contribution in [0.25, 0.3) is 11.0 Å². The number of rotatable bonds is 5. The minimum absolute atomic E-state index is 0.635. The molecule has 1 aromatic carbocycles. The fraction of sp³-hybridized carbons (Fsp3) is 0.312. The van der Waals surface area contributed by atoms with Crippen molar-refractivity contribution in [2.75, 3.05) is 5.32 Å². The van der Waals surface area contributed by atoms with Crippen molar-refractivity contribution >= 4 is 16.7 Å². The Bertz CT molecular complexity index is 715. The molecule has 21 heavy (non-hydrogen) atoms. The summed E-state index contributed by atoms with van der Waals surface area (Å²) in [5.74, 6) is 0.635. The summed E-state index contributed by atoms with van der Waals surface area (Å²) in [6.07, 6.45) is 2.97. The van der Waals surface area contributed by atoms with E-state index in [0.29, 0.717) is 5.92 Å². The average molecular weight is 281 g/mol. The van der Waals surface area contributed by atoms with E-state index in [1.54, 1.807) is 0 Å². The molecule has 0 aliphatic carbocycles. The van der Waals surface area contributed by atoms with Crippen LogP contribution >= 0.6 is 0 Å². The lowest BCUT2D eigenvalue weighted by molar-refractivity contribution is 0.635. The quantitative estimate of drug-likeness (QED) is 0.754. The van der Waals surface area contributed by atoms with Gasteiger partial charge in [0.2, 0.25) is 0 Å². The standard InChI is InChI=1S/C16H19N5/c1-11(2)7-13-4-3-12(9-17-13)10-18-14-5-6-15-16(8-14)20-21-19-15/h3-6,8-9,11,18H,7,10H2,1-2H3,(H,19,20,21). The first-order chi connectivity index (χ1) is 10.2. The maximum absolute atomic E-state index is 4.51. The van der Waals surface area contributed by atoms with Crippen molar-refractivity contribution in [1.82, 2.24) is 20.4 Å². The highest BCUT2D eigenvalue weighted by molar-refractivity contribution is 5.77. The topological polar surface area (TPSA) is 66.5 Å². The lowest BCUT2D eigenvalue weighted by atomic mass is 10.1. The maximum Gasteiger partial charge on any atom is 0.115 e. The molecule has 0 aliphatic heterocycles. The molecule has 0 radical (unpaired) electrons. The first-order valence-corrected chi connectivity index (χ1v) is 7.19. The summed E-state index contributed by atoms with van der Waals surface area (Å²) in [6, 6.07) is 10.2. The molecule has 108 valence electrons. The summed E-state index contributed by atoms with van der Waals surface area (Å²) < 4.78 is 0. The minimum Gasteiger partial charge on any atom is -0.381 e. The van der Waals surface area contributed by atoms with Gasteiger partial charge in [0, 0.05) is 24.1 Å². The van der Waals surface area contributed by atoms with Crippen molar-refractivity contribution in [1.29, 1.82) is 0 Å². The number of hydrogen-bond acceptors (Lipinski definition) is 4. The number of nitrogens with zero attached hydrogens (tertiary/aromatic N) is 3. The Morgan fingerprint density at radius 2 is 1.95 bits per heavy atom. The Morgan fingerprint density at radius 1 is 1.10 bits per heavy atom. The SMILES string of the molecule is CC(C)Cc1ccc(CNc2ccc3n[nH]nc3c2)cn1. The Morgan fingerprint density at radius 3 is 2.71 bits per heavy atom. The molecule has 5 nitrogen and oxygen atoms in total. The first-order valence-electron chi connectivity index (χ1n) is 7.19. The summed E-state index contributed by atoms with van der Waals surface area (Å²) in [5.41, 5.74) is 5.09. The molecule has 2 heterocycles. The summed E-state index contributed by atoms with van der Waals surface area (Å²) in [5, 5.41) is 14.1. The van der Waals surface area contributed by atoms with E-state index < -0.39 is 0 Å². The molecule has 3 rings (SSSR count). The van der Waals surface area contributed by atoms with E-state index in [1.165, 1.54) is 5.56 Å². The van der Waals surface area contributed by atoms with E-state index in [9.17, 15) is 0 Å². The van der Waals surface area contributed by atoms with Crippen molar-refractivity contribution in [2.45, 2.75) is 26.8 Å². The second-order valence-electron chi connectivity index (χ2n) is 5.64.